The molecule has 6 nitrogen and oxygen atoms in total. The third-order valence-electron chi connectivity index (χ3n) is 5.01. The number of piperidine rings is 1. The molecular weight excluding hydrogens is 368 g/mol. The van der Waals surface area contributed by atoms with Gasteiger partial charge in [-0.2, -0.15) is 0 Å². The Hall–Kier alpha value is -3.15. The first-order chi connectivity index (χ1) is 14.1. The molecule has 0 aliphatic carbocycles. The van der Waals surface area contributed by atoms with Crippen molar-refractivity contribution < 1.29 is 19.1 Å². The number of likely N-dealkylation sites (tertiary alicyclic amines) is 1. The highest BCUT2D eigenvalue weighted by atomic mass is 16.5. The number of nitrogens with zero attached hydrogens (tertiary/aromatic N) is 2. The second kappa shape index (κ2) is 9.87. The van der Waals surface area contributed by atoms with Crippen LogP contribution in [-0.2, 0) is 25.7 Å². The molecule has 6 heteroatoms. The van der Waals surface area contributed by atoms with E-state index in [2.05, 4.69) is 0 Å². The zero-order chi connectivity index (χ0) is 20.6. The topological polar surface area (TPSA) is 66.9 Å². The maximum atomic E-state index is 13.2. The van der Waals surface area contributed by atoms with Gasteiger partial charge in [-0.3, -0.25) is 19.3 Å². The highest BCUT2D eigenvalue weighted by Gasteiger charge is 2.34. The summed E-state index contributed by atoms with van der Waals surface area (Å²) in [5.41, 5.74) is 1.59. The van der Waals surface area contributed by atoms with Gasteiger partial charge in [-0.15, -0.1) is 0 Å². The van der Waals surface area contributed by atoms with Gasteiger partial charge in [0.25, 0.3) is 0 Å². The van der Waals surface area contributed by atoms with Crippen LogP contribution in [0.25, 0.3) is 0 Å². The molecular formula is C23H26N2O4. The summed E-state index contributed by atoms with van der Waals surface area (Å²) in [6, 6.07) is 18.7. The lowest BCUT2D eigenvalue weighted by molar-refractivity contribution is -0.153. The zero-order valence-electron chi connectivity index (χ0n) is 16.6. The van der Waals surface area contributed by atoms with Gasteiger partial charge in [0.1, 0.15) is 0 Å². The molecule has 1 atom stereocenters. The monoisotopic (exact) mass is 394 g/mol. The Bertz CT molecular complexity index is 838. The normalized spacial score (nSPS) is 16.2. The Morgan fingerprint density at radius 3 is 2.34 bits per heavy atom. The summed E-state index contributed by atoms with van der Waals surface area (Å²) in [6.45, 7) is 3.05. The molecule has 1 heterocycles. The summed E-state index contributed by atoms with van der Waals surface area (Å²) < 4.78 is 5.09. The van der Waals surface area contributed by atoms with Gasteiger partial charge < -0.3 is 9.64 Å². The van der Waals surface area contributed by atoms with Gasteiger partial charge in [-0.05, 0) is 37.5 Å². The van der Waals surface area contributed by atoms with Crippen LogP contribution in [-0.4, -0.2) is 42.4 Å². The van der Waals surface area contributed by atoms with Crippen LogP contribution in [0.1, 0.15) is 25.3 Å². The van der Waals surface area contributed by atoms with Crippen molar-refractivity contribution in [2.24, 2.45) is 5.92 Å². The number of esters is 1. The Kier molecular flexibility index (Phi) is 7.00. The van der Waals surface area contributed by atoms with E-state index >= 15 is 0 Å². The third kappa shape index (κ3) is 5.22. The van der Waals surface area contributed by atoms with Gasteiger partial charge in [0.05, 0.1) is 19.1 Å². The molecule has 0 bridgehead atoms. The quantitative estimate of drug-likeness (QED) is 0.578. The Labute approximate surface area is 171 Å². The van der Waals surface area contributed by atoms with Gasteiger partial charge in [0, 0.05) is 18.8 Å². The average Bonchev–Trinajstić information content (AvgIpc) is 2.78. The first-order valence-electron chi connectivity index (χ1n) is 9.96. The molecule has 2 aromatic carbocycles. The Morgan fingerprint density at radius 2 is 1.69 bits per heavy atom. The summed E-state index contributed by atoms with van der Waals surface area (Å²) >= 11 is 0. The predicted octanol–water partition coefficient (Wildman–Crippen LogP) is 3.02. The summed E-state index contributed by atoms with van der Waals surface area (Å²) in [5.74, 6) is -1.86. The number of anilines is 1. The van der Waals surface area contributed by atoms with E-state index in [0.717, 1.165) is 5.56 Å². The zero-order valence-corrected chi connectivity index (χ0v) is 16.6. The van der Waals surface area contributed by atoms with Crippen LogP contribution >= 0.6 is 0 Å². The number of carbonyl (C=O) groups is 3. The summed E-state index contributed by atoms with van der Waals surface area (Å²) in [6.07, 6.45) is 1.34. The molecule has 1 aliphatic rings. The van der Waals surface area contributed by atoms with Gasteiger partial charge in [0.2, 0.25) is 0 Å². The second-order valence-electron chi connectivity index (χ2n) is 7.05. The number of rotatable bonds is 5. The molecule has 2 amide bonds. The van der Waals surface area contributed by atoms with Crippen LogP contribution in [0.2, 0.25) is 0 Å². The van der Waals surface area contributed by atoms with Crippen molar-refractivity contribution >= 4 is 23.5 Å². The van der Waals surface area contributed by atoms with Crippen molar-refractivity contribution in [3.8, 4) is 0 Å². The van der Waals surface area contributed by atoms with Crippen LogP contribution in [0.5, 0.6) is 0 Å². The molecule has 1 unspecified atom stereocenters. The summed E-state index contributed by atoms with van der Waals surface area (Å²) in [5, 5.41) is 0. The molecule has 29 heavy (non-hydrogen) atoms. The lowest BCUT2D eigenvalue weighted by atomic mass is 9.98. The van der Waals surface area contributed by atoms with Crippen LogP contribution in [0.3, 0.4) is 0 Å². The minimum absolute atomic E-state index is 0.220. The summed E-state index contributed by atoms with van der Waals surface area (Å²) in [4.78, 5) is 41.2. The number of hydrogen-bond donors (Lipinski definition) is 0. The highest BCUT2D eigenvalue weighted by Crippen LogP contribution is 2.21. The molecule has 3 rings (SSSR count). The summed E-state index contributed by atoms with van der Waals surface area (Å²) in [7, 11) is 0. The molecule has 0 N–H and O–H groups in total. The minimum atomic E-state index is -0.593. The van der Waals surface area contributed by atoms with Crippen LogP contribution < -0.4 is 4.90 Å². The molecule has 0 aromatic heterocycles. The van der Waals surface area contributed by atoms with Gasteiger partial charge in [-0.1, -0.05) is 48.5 Å². The largest absolute Gasteiger partial charge is 0.466 e. The van der Waals surface area contributed by atoms with Crippen molar-refractivity contribution in [2.75, 3.05) is 24.6 Å². The van der Waals surface area contributed by atoms with Gasteiger partial charge >= 0.3 is 17.8 Å². The molecule has 1 fully saturated rings. The first kappa shape index (κ1) is 20.6. The molecule has 0 spiro atoms. The van der Waals surface area contributed by atoms with Crippen molar-refractivity contribution in [1.29, 1.82) is 0 Å². The van der Waals surface area contributed by atoms with Crippen molar-refractivity contribution in [1.82, 2.24) is 4.90 Å². The van der Waals surface area contributed by atoms with Crippen molar-refractivity contribution in [3.05, 3.63) is 66.2 Å². The smallest absolute Gasteiger partial charge is 0.316 e. The van der Waals surface area contributed by atoms with Crippen molar-refractivity contribution in [2.45, 2.75) is 26.3 Å². The van der Waals surface area contributed by atoms with Crippen molar-refractivity contribution in [3.63, 3.8) is 0 Å². The highest BCUT2D eigenvalue weighted by molar-refractivity contribution is 6.40. The van der Waals surface area contributed by atoms with Crippen LogP contribution in [0, 0.1) is 5.92 Å². The lowest BCUT2D eigenvalue weighted by Gasteiger charge is -2.32. The number of para-hydroxylation sites is 1. The number of ether oxygens (including phenoxy) is 1. The SMILES string of the molecule is CCOC(=O)C1CCCN(C(=O)C(=O)N(Cc2ccccc2)c2ccccc2)C1. The first-order valence-corrected chi connectivity index (χ1v) is 9.96. The number of carbonyl (C=O) groups excluding carboxylic acids is 3. The molecule has 1 aliphatic heterocycles. The molecule has 0 saturated carbocycles. The van der Waals surface area contributed by atoms with Gasteiger partial charge in [-0.25, -0.2) is 0 Å². The van der Waals surface area contributed by atoms with E-state index in [-0.39, 0.29) is 18.4 Å². The fourth-order valence-electron chi connectivity index (χ4n) is 3.52. The Balaban J connectivity index is 1.78. The van der Waals surface area contributed by atoms with E-state index in [1.807, 2.05) is 60.7 Å². The van der Waals surface area contributed by atoms with Crippen LogP contribution in [0.15, 0.2) is 60.7 Å². The fraction of sp³-hybridized carbons (Fsp3) is 0.348. The maximum absolute atomic E-state index is 13.2. The van der Waals surface area contributed by atoms with E-state index in [1.165, 1.54) is 9.80 Å². The standard InChI is InChI=1S/C23H26N2O4/c1-2-29-23(28)19-12-9-15-24(17-19)21(26)22(27)25(20-13-7-4-8-14-20)16-18-10-5-3-6-11-18/h3-8,10-11,13-14,19H,2,9,12,15-17H2,1H3. The maximum Gasteiger partial charge on any atom is 0.316 e. The van der Waals surface area contributed by atoms with E-state index in [4.69, 9.17) is 4.74 Å². The third-order valence-corrected chi connectivity index (χ3v) is 5.01. The van der Waals surface area contributed by atoms with E-state index in [0.29, 0.717) is 38.2 Å². The average molecular weight is 394 g/mol. The van der Waals surface area contributed by atoms with E-state index in [9.17, 15) is 14.4 Å². The number of hydrogen-bond acceptors (Lipinski definition) is 4. The number of amides is 2. The van der Waals surface area contributed by atoms with Gasteiger partial charge in [0.15, 0.2) is 0 Å². The Morgan fingerprint density at radius 1 is 1.03 bits per heavy atom. The molecule has 0 radical (unpaired) electrons. The molecule has 152 valence electrons. The van der Waals surface area contributed by atoms with E-state index in [1.54, 1.807) is 6.92 Å². The van der Waals surface area contributed by atoms with Crippen LogP contribution in [0.4, 0.5) is 5.69 Å². The minimum Gasteiger partial charge on any atom is -0.466 e. The predicted molar refractivity (Wildman–Crippen MR) is 110 cm³/mol. The number of benzene rings is 2. The lowest BCUT2D eigenvalue weighted by Crippen LogP contribution is -2.50. The molecule has 1 saturated heterocycles. The van der Waals surface area contributed by atoms with E-state index < -0.39 is 11.8 Å². The second-order valence-corrected chi connectivity index (χ2v) is 7.05. The molecule has 2 aromatic rings. The fourth-order valence-corrected chi connectivity index (χ4v) is 3.52.